The number of fused-ring (bicyclic) bond motifs is 5. The van der Waals surface area contributed by atoms with Crippen LogP contribution in [0.4, 0.5) is 11.4 Å². The highest BCUT2D eigenvalue weighted by Crippen LogP contribution is 2.50. The van der Waals surface area contributed by atoms with Crippen LogP contribution >= 0.6 is 0 Å². The number of hydrogen-bond donors (Lipinski definition) is 0. The fourth-order valence-corrected chi connectivity index (χ4v) is 8.95. The first-order chi connectivity index (χ1) is 27.8. The summed E-state index contributed by atoms with van der Waals surface area (Å²) in [6.45, 7) is 6.26. The molecule has 58 heavy (non-hydrogen) atoms. The van der Waals surface area contributed by atoms with Gasteiger partial charge in [0.15, 0.2) is 23.9 Å². The number of imidazole rings is 2. The monoisotopic (exact) mass is 768 g/mol. The lowest BCUT2D eigenvalue weighted by atomic mass is 9.93. The first-order valence-corrected chi connectivity index (χ1v) is 20.1. The zero-order valence-corrected chi connectivity index (χ0v) is 33.1. The summed E-state index contributed by atoms with van der Waals surface area (Å²) in [4.78, 5) is 0. The molecule has 8 heteroatoms. The summed E-state index contributed by atoms with van der Waals surface area (Å²) in [7, 11) is 4.13. The van der Waals surface area contributed by atoms with Crippen LogP contribution < -0.4 is 18.6 Å². The zero-order chi connectivity index (χ0) is 38.7. The molecule has 0 aliphatic carbocycles. The molecule has 0 atom stereocenters. The Bertz CT molecular complexity index is 2580. The average molecular weight is 769 g/mol. The molecule has 3 aliphatic heterocycles. The van der Waals surface area contributed by atoms with Gasteiger partial charge in [-0.15, -0.1) is 0 Å². The molecule has 10 rings (SSSR count). The molecule has 5 aromatic carbocycles. The second kappa shape index (κ2) is 14.8. The molecule has 0 bridgehead atoms. The molecule has 0 N–H and O–H groups in total. The highest BCUT2D eigenvalue weighted by molar-refractivity contribution is 5.90. The molecule has 0 radical (unpaired) electrons. The van der Waals surface area contributed by atoms with Crippen LogP contribution in [0.15, 0.2) is 135 Å². The minimum absolute atomic E-state index is 0. The molecule has 1 spiro atoms. The Morgan fingerprint density at radius 2 is 1.00 bits per heavy atom. The second-order valence-corrected chi connectivity index (χ2v) is 15.8. The van der Waals surface area contributed by atoms with Gasteiger partial charge in [-0.3, -0.25) is 0 Å². The van der Waals surface area contributed by atoms with Crippen LogP contribution in [0, 0.1) is 13.8 Å². The van der Waals surface area contributed by atoms with Crippen molar-refractivity contribution in [2.45, 2.75) is 66.1 Å². The van der Waals surface area contributed by atoms with Crippen LogP contribution in [0.1, 0.15) is 53.6 Å². The van der Waals surface area contributed by atoms with Gasteiger partial charge in [0.2, 0.25) is 12.7 Å². The summed E-state index contributed by atoms with van der Waals surface area (Å²) in [5.74, 6) is 1.67. The van der Waals surface area contributed by atoms with Gasteiger partial charge in [0.25, 0.3) is 11.4 Å². The number of rotatable bonds is 10. The Morgan fingerprint density at radius 3 is 1.43 bits per heavy atom. The predicted molar refractivity (Wildman–Crippen MR) is 228 cm³/mol. The van der Waals surface area contributed by atoms with Crippen LogP contribution in [-0.2, 0) is 40.0 Å². The molecule has 0 saturated carbocycles. The molecule has 0 fully saturated rings. The largest absolute Gasteiger partial charge is 0.715 e. The van der Waals surface area contributed by atoms with Crippen LogP contribution in [0.2, 0.25) is 0 Å². The molecule has 0 unspecified atom stereocenters. The van der Waals surface area contributed by atoms with Gasteiger partial charge in [-0.25, -0.2) is 18.3 Å². The molecular formula is C50H52N6O2+4. The number of aromatic nitrogens is 4. The maximum Gasteiger partial charge on any atom is 0.715 e. The van der Waals surface area contributed by atoms with E-state index in [4.69, 9.17) is 9.47 Å². The number of hydrogen-bond acceptors (Lipinski definition) is 2. The van der Waals surface area contributed by atoms with E-state index in [1.54, 1.807) is 0 Å². The third-order valence-electron chi connectivity index (χ3n) is 11.7. The van der Waals surface area contributed by atoms with Crippen molar-refractivity contribution in [1.29, 1.82) is 0 Å². The minimum atomic E-state index is -1.23. The number of para-hydroxylation sites is 2. The fourth-order valence-electron chi connectivity index (χ4n) is 8.95. The lowest BCUT2D eigenvalue weighted by Crippen LogP contribution is -2.59. The van der Waals surface area contributed by atoms with Gasteiger partial charge in [0.1, 0.15) is 24.8 Å². The van der Waals surface area contributed by atoms with Gasteiger partial charge in [-0.05, 0) is 117 Å². The third kappa shape index (κ3) is 6.42. The Balaban J connectivity index is 0.00000436. The van der Waals surface area contributed by atoms with E-state index in [0.29, 0.717) is 0 Å². The van der Waals surface area contributed by atoms with Crippen LogP contribution in [0.25, 0.3) is 22.3 Å². The van der Waals surface area contributed by atoms with E-state index in [0.717, 1.165) is 83.9 Å². The first kappa shape index (κ1) is 37.1. The average Bonchev–Trinajstić information content (AvgIpc) is 3.91. The van der Waals surface area contributed by atoms with Gasteiger partial charge in [0.05, 0.1) is 38.3 Å². The summed E-state index contributed by atoms with van der Waals surface area (Å²) in [5, 5.41) is 0. The van der Waals surface area contributed by atoms with Crippen molar-refractivity contribution < 1.29 is 27.8 Å². The number of ether oxygens (including phenoxy) is 2. The Kier molecular flexibility index (Phi) is 9.43. The van der Waals surface area contributed by atoms with Gasteiger partial charge in [-0.1, -0.05) is 68.1 Å². The first-order valence-electron chi connectivity index (χ1n) is 20.1. The molecule has 0 amide bonds. The molecule has 2 aromatic heterocycles. The van der Waals surface area contributed by atoms with E-state index >= 15 is 0 Å². The van der Waals surface area contributed by atoms with Crippen molar-refractivity contribution in [3.8, 4) is 33.8 Å². The van der Waals surface area contributed by atoms with E-state index in [2.05, 4.69) is 202 Å². The molecule has 3 aliphatic rings. The highest BCUT2D eigenvalue weighted by atomic mass is 16.7. The summed E-state index contributed by atoms with van der Waals surface area (Å²) in [6, 6.07) is 34.0. The highest BCUT2D eigenvalue weighted by Gasteiger charge is 2.72. The standard InChI is InChI=1S/C49H48N6O2.CH4/c1-35-27-39(43-17-7-5-13-37(43)15-11-21-52-25-23-50(3)33-52)29-41-31-54-45-19-9-10-20-46(45)55-32-42-30-40(28-36(2)48(42)57-49(54,55)56-47(35)41)44-18-8-6-14-38(44)16-12-22-53-26-24-51(4)34-53;/h5-10,13-14,17-20,23-34H,11-12,15-16,21-22H2,1-4H3;1H4/q+4;. The second-order valence-electron chi connectivity index (χ2n) is 15.8. The van der Waals surface area contributed by atoms with Gasteiger partial charge < -0.3 is 9.47 Å². The van der Waals surface area contributed by atoms with Crippen molar-refractivity contribution >= 4 is 23.8 Å². The molecular weight excluding hydrogens is 717 g/mol. The molecule has 8 nitrogen and oxygen atoms in total. The molecule has 7 aromatic rings. The minimum Gasteiger partial charge on any atom is -0.340 e. The quantitative estimate of drug-likeness (QED) is 0.131. The lowest BCUT2D eigenvalue weighted by Gasteiger charge is -2.28. The zero-order valence-electron chi connectivity index (χ0n) is 33.1. The van der Waals surface area contributed by atoms with Crippen molar-refractivity contribution in [1.82, 2.24) is 9.13 Å². The van der Waals surface area contributed by atoms with Crippen molar-refractivity contribution in [3.05, 3.63) is 168 Å². The van der Waals surface area contributed by atoms with Gasteiger partial charge in [0, 0.05) is 12.1 Å². The van der Waals surface area contributed by atoms with E-state index in [9.17, 15) is 0 Å². The predicted octanol–water partition coefficient (Wildman–Crippen LogP) is 8.73. The number of nitrogens with zero attached hydrogens (tertiary/aromatic N) is 6. The van der Waals surface area contributed by atoms with Crippen molar-refractivity contribution in [2.24, 2.45) is 14.1 Å². The van der Waals surface area contributed by atoms with E-state index in [-0.39, 0.29) is 7.43 Å². The van der Waals surface area contributed by atoms with E-state index < -0.39 is 6.03 Å². The fraction of sp³-hybridized carbons (Fsp3) is 0.240. The normalized spacial score (nSPS) is 14.1. The summed E-state index contributed by atoms with van der Waals surface area (Å²) >= 11 is 0. The van der Waals surface area contributed by atoms with E-state index in [1.165, 1.54) is 33.4 Å². The van der Waals surface area contributed by atoms with Gasteiger partial charge in [-0.2, -0.15) is 0 Å². The Labute approximate surface area is 341 Å². The summed E-state index contributed by atoms with van der Waals surface area (Å²) in [6.07, 6.45) is 21.3. The summed E-state index contributed by atoms with van der Waals surface area (Å²) < 4.78 is 27.4. The Hall–Kier alpha value is -6.54. The molecule has 290 valence electrons. The number of benzene rings is 5. The molecule has 0 saturated heterocycles. The number of aryl methyl sites for hydroxylation is 8. The maximum atomic E-state index is 7.18. The lowest BCUT2D eigenvalue weighted by molar-refractivity contribution is -0.831. The van der Waals surface area contributed by atoms with Gasteiger partial charge >= 0.3 is 6.03 Å². The maximum absolute atomic E-state index is 7.18. The summed E-state index contributed by atoms with van der Waals surface area (Å²) in [5.41, 5.74) is 13.9. The van der Waals surface area contributed by atoms with Crippen LogP contribution in [-0.4, -0.2) is 36.7 Å². The van der Waals surface area contributed by atoms with Crippen LogP contribution in [0.5, 0.6) is 11.5 Å². The Morgan fingerprint density at radius 1 is 0.569 bits per heavy atom. The van der Waals surface area contributed by atoms with Crippen molar-refractivity contribution in [3.63, 3.8) is 0 Å². The smallest absolute Gasteiger partial charge is 0.340 e. The van der Waals surface area contributed by atoms with Crippen LogP contribution in [0.3, 0.4) is 0 Å². The van der Waals surface area contributed by atoms with E-state index in [1.807, 2.05) is 0 Å². The third-order valence-corrected chi connectivity index (χ3v) is 11.7. The molecule has 5 heterocycles. The SMILES string of the molecule is C.Cc1cc(-c2ccccc2CCCn2cc[n+](C)c2)cc2c1OC13Oc4c(C)cc(-c5ccccc5CCCn5cc[n+](C)c5)cc4C=[N+]1c1ccccc1[N+]3=C2. The van der Waals surface area contributed by atoms with Crippen molar-refractivity contribution in [2.75, 3.05) is 0 Å². The topological polar surface area (TPSA) is 42.1 Å².